The van der Waals surface area contributed by atoms with E-state index in [0.717, 1.165) is 16.9 Å². The molecule has 5 nitrogen and oxygen atoms in total. The Labute approximate surface area is 198 Å². The maximum absolute atomic E-state index is 13.4. The number of hydrogen-bond acceptors (Lipinski definition) is 4. The largest absolute Gasteiger partial charge is 0.491 e. The van der Waals surface area contributed by atoms with E-state index < -0.39 is 0 Å². The van der Waals surface area contributed by atoms with Crippen molar-refractivity contribution in [1.29, 1.82) is 0 Å². The van der Waals surface area contributed by atoms with Crippen LogP contribution >= 0.6 is 11.6 Å². The van der Waals surface area contributed by atoms with Crippen molar-refractivity contribution < 1.29 is 14.3 Å². The molecule has 0 fully saturated rings. The molecule has 6 heteroatoms. The van der Waals surface area contributed by atoms with Gasteiger partial charge < -0.3 is 10.1 Å². The number of anilines is 1. The minimum Gasteiger partial charge on any atom is -0.491 e. The number of rotatable bonds is 7. The molecule has 0 radical (unpaired) electrons. The van der Waals surface area contributed by atoms with Crippen LogP contribution in [0.3, 0.4) is 0 Å². The van der Waals surface area contributed by atoms with E-state index >= 15 is 0 Å². The molecule has 4 rings (SSSR count). The first kappa shape index (κ1) is 22.6. The summed E-state index contributed by atoms with van der Waals surface area (Å²) in [6.07, 6.45) is 0.0624. The standard InChI is InChI=1S/C27H25ClN2O3/c1-17(2)33-23-14-12-22(13-15-23)29-25-24(20-8-10-21(28)11-9-20)26(31)30(27(25)32)16-19-6-4-18(3)5-7-19/h4-15,17,29H,16H2,1-3H3. The normalized spacial score (nSPS) is 13.8. The van der Waals surface area contributed by atoms with Crippen molar-refractivity contribution in [3.8, 4) is 5.75 Å². The van der Waals surface area contributed by atoms with Gasteiger partial charge in [-0.25, -0.2) is 0 Å². The van der Waals surface area contributed by atoms with Gasteiger partial charge in [0.15, 0.2) is 0 Å². The van der Waals surface area contributed by atoms with Gasteiger partial charge in [-0.1, -0.05) is 53.6 Å². The second-order valence-electron chi connectivity index (χ2n) is 8.25. The summed E-state index contributed by atoms with van der Waals surface area (Å²) >= 11 is 6.04. The van der Waals surface area contributed by atoms with Crippen molar-refractivity contribution in [2.75, 3.05) is 5.32 Å². The minimum absolute atomic E-state index is 0.0624. The van der Waals surface area contributed by atoms with Gasteiger partial charge in [0, 0.05) is 10.7 Å². The molecule has 1 aliphatic heterocycles. The topological polar surface area (TPSA) is 58.6 Å². The Kier molecular flexibility index (Phi) is 6.52. The lowest BCUT2D eigenvalue weighted by Crippen LogP contribution is -2.32. The van der Waals surface area contributed by atoms with Crippen molar-refractivity contribution in [1.82, 2.24) is 4.90 Å². The summed E-state index contributed by atoms with van der Waals surface area (Å²) in [7, 11) is 0. The Morgan fingerprint density at radius 2 is 1.52 bits per heavy atom. The molecule has 1 heterocycles. The number of nitrogens with zero attached hydrogens (tertiary/aromatic N) is 1. The van der Waals surface area contributed by atoms with Crippen LogP contribution in [0.1, 0.15) is 30.5 Å². The van der Waals surface area contributed by atoms with Crippen molar-refractivity contribution in [2.45, 2.75) is 33.4 Å². The smallest absolute Gasteiger partial charge is 0.278 e. The number of amides is 2. The molecular weight excluding hydrogens is 436 g/mol. The van der Waals surface area contributed by atoms with Gasteiger partial charge in [0.25, 0.3) is 11.8 Å². The first-order valence-electron chi connectivity index (χ1n) is 10.8. The monoisotopic (exact) mass is 460 g/mol. The second kappa shape index (κ2) is 9.51. The van der Waals surface area contributed by atoms with Crippen LogP contribution in [0.4, 0.5) is 5.69 Å². The first-order chi connectivity index (χ1) is 15.8. The summed E-state index contributed by atoms with van der Waals surface area (Å²) in [6, 6.07) is 22.0. The molecule has 0 saturated carbocycles. The van der Waals surface area contributed by atoms with Crippen LogP contribution in [0.15, 0.2) is 78.5 Å². The summed E-state index contributed by atoms with van der Waals surface area (Å²) in [5.74, 6) is 0.0236. The molecule has 2 amide bonds. The maximum atomic E-state index is 13.4. The van der Waals surface area contributed by atoms with Crippen LogP contribution in [0.5, 0.6) is 5.75 Å². The third-order valence-electron chi connectivity index (χ3n) is 5.26. The van der Waals surface area contributed by atoms with Crippen molar-refractivity contribution in [3.63, 3.8) is 0 Å². The van der Waals surface area contributed by atoms with Crippen molar-refractivity contribution in [2.24, 2.45) is 0 Å². The van der Waals surface area contributed by atoms with Crippen molar-refractivity contribution in [3.05, 3.63) is 100 Å². The molecule has 1 aliphatic rings. The fourth-order valence-corrected chi connectivity index (χ4v) is 3.76. The quantitative estimate of drug-likeness (QED) is 0.451. The summed E-state index contributed by atoms with van der Waals surface area (Å²) in [4.78, 5) is 28.1. The highest BCUT2D eigenvalue weighted by Crippen LogP contribution is 2.32. The van der Waals surface area contributed by atoms with Crippen LogP contribution in [0, 0.1) is 6.92 Å². The van der Waals surface area contributed by atoms with Gasteiger partial charge in [0.2, 0.25) is 0 Å². The van der Waals surface area contributed by atoms with E-state index in [0.29, 0.717) is 21.8 Å². The maximum Gasteiger partial charge on any atom is 0.278 e. The fraction of sp³-hybridized carbons (Fsp3) is 0.185. The van der Waals surface area contributed by atoms with Gasteiger partial charge in [-0.15, -0.1) is 0 Å². The molecule has 0 saturated heterocycles. The van der Waals surface area contributed by atoms with Crippen LogP contribution in [-0.4, -0.2) is 22.8 Å². The van der Waals surface area contributed by atoms with E-state index in [4.69, 9.17) is 16.3 Å². The minimum atomic E-state index is -0.368. The predicted octanol–water partition coefficient (Wildman–Crippen LogP) is 5.83. The molecule has 33 heavy (non-hydrogen) atoms. The van der Waals surface area contributed by atoms with Gasteiger partial charge in [-0.3, -0.25) is 14.5 Å². The lowest BCUT2D eigenvalue weighted by molar-refractivity contribution is -0.137. The number of carbonyl (C=O) groups is 2. The zero-order valence-electron chi connectivity index (χ0n) is 18.8. The summed E-state index contributed by atoms with van der Waals surface area (Å²) in [6.45, 7) is 6.11. The van der Waals surface area contributed by atoms with Crippen molar-refractivity contribution >= 4 is 34.7 Å². The highest BCUT2D eigenvalue weighted by molar-refractivity contribution is 6.36. The summed E-state index contributed by atoms with van der Waals surface area (Å²) in [5.41, 5.74) is 3.88. The number of ether oxygens (including phenoxy) is 1. The van der Waals surface area contributed by atoms with E-state index in [-0.39, 0.29) is 30.2 Å². The molecule has 0 atom stereocenters. The summed E-state index contributed by atoms with van der Waals surface area (Å²) in [5, 5.41) is 3.73. The Morgan fingerprint density at radius 1 is 0.879 bits per heavy atom. The highest BCUT2D eigenvalue weighted by Gasteiger charge is 2.39. The van der Waals surface area contributed by atoms with Crippen LogP contribution in [-0.2, 0) is 16.1 Å². The lowest BCUT2D eigenvalue weighted by Gasteiger charge is -2.16. The molecule has 3 aromatic carbocycles. The van der Waals surface area contributed by atoms with Crippen LogP contribution in [0.2, 0.25) is 5.02 Å². The molecular formula is C27H25ClN2O3. The molecule has 0 bridgehead atoms. The van der Waals surface area contributed by atoms with E-state index in [1.54, 1.807) is 24.3 Å². The Balaban J connectivity index is 1.67. The van der Waals surface area contributed by atoms with E-state index in [2.05, 4.69) is 5.32 Å². The molecule has 3 aromatic rings. The number of halogens is 1. The number of carbonyl (C=O) groups excluding carboxylic acids is 2. The third kappa shape index (κ3) is 5.10. The molecule has 0 unspecified atom stereocenters. The number of aryl methyl sites for hydroxylation is 1. The van der Waals surface area contributed by atoms with Gasteiger partial charge in [0.1, 0.15) is 11.4 Å². The van der Waals surface area contributed by atoms with Gasteiger partial charge in [-0.2, -0.15) is 0 Å². The number of benzene rings is 3. The zero-order chi connectivity index (χ0) is 23.5. The highest BCUT2D eigenvalue weighted by atomic mass is 35.5. The lowest BCUT2D eigenvalue weighted by atomic mass is 10.0. The summed E-state index contributed by atoms with van der Waals surface area (Å²) < 4.78 is 5.69. The SMILES string of the molecule is Cc1ccc(CN2C(=O)C(Nc3ccc(OC(C)C)cc3)=C(c3ccc(Cl)cc3)C2=O)cc1. The molecule has 0 aromatic heterocycles. The molecule has 0 aliphatic carbocycles. The molecule has 168 valence electrons. The van der Waals surface area contributed by atoms with Gasteiger partial charge in [-0.05, 0) is 68.3 Å². The van der Waals surface area contributed by atoms with E-state index in [9.17, 15) is 9.59 Å². The number of imide groups is 1. The van der Waals surface area contributed by atoms with Gasteiger partial charge >= 0.3 is 0 Å². The average molecular weight is 461 g/mol. The average Bonchev–Trinajstić information content (AvgIpc) is 3.01. The Hall–Kier alpha value is -3.57. The van der Waals surface area contributed by atoms with Crippen LogP contribution < -0.4 is 10.1 Å². The van der Waals surface area contributed by atoms with E-state index in [1.807, 2.05) is 69.3 Å². The second-order valence-corrected chi connectivity index (χ2v) is 8.69. The Bertz CT molecular complexity index is 1200. The fourth-order valence-electron chi connectivity index (χ4n) is 3.63. The zero-order valence-corrected chi connectivity index (χ0v) is 19.5. The molecule has 1 N–H and O–H groups in total. The first-order valence-corrected chi connectivity index (χ1v) is 11.2. The number of hydrogen-bond donors (Lipinski definition) is 1. The molecule has 0 spiro atoms. The Morgan fingerprint density at radius 3 is 2.12 bits per heavy atom. The van der Waals surface area contributed by atoms with Gasteiger partial charge in [0.05, 0.1) is 18.2 Å². The predicted molar refractivity (Wildman–Crippen MR) is 131 cm³/mol. The third-order valence-corrected chi connectivity index (χ3v) is 5.51. The van der Waals surface area contributed by atoms with E-state index in [1.165, 1.54) is 4.90 Å². The number of nitrogens with one attached hydrogen (secondary N) is 1. The van der Waals surface area contributed by atoms with Crippen LogP contribution in [0.25, 0.3) is 5.57 Å².